The Morgan fingerprint density at radius 1 is 0.519 bits per heavy atom. The average Bonchev–Trinajstić information content (AvgIpc) is 2.59. The lowest BCUT2D eigenvalue weighted by atomic mass is 10.0. The summed E-state index contributed by atoms with van der Waals surface area (Å²) in [6.45, 7) is 3.87. The van der Waals surface area contributed by atoms with Gasteiger partial charge in [0.1, 0.15) is 0 Å². The second kappa shape index (κ2) is 16.6. The number of hydrogen-bond donors (Lipinski definition) is 0. The van der Waals surface area contributed by atoms with Crippen molar-refractivity contribution in [1.82, 2.24) is 0 Å². The number of unbranched alkanes of at least 4 members (excludes halogenated alkanes) is 13. The van der Waals surface area contributed by atoms with E-state index in [9.17, 15) is 22.0 Å². The fraction of sp³-hybridized carbons (Fsp3) is 1.00. The lowest BCUT2D eigenvalue weighted by Gasteiger charge is -2.19. The molecule has 0 spiro atoms. The van der Waals surface area contributed by atoms with Crippen molar-refractivity contribution in [3.8, 4) is 0 Å². The summed E-state index contributed by atoms with van der Waals surface area (Å²) in [6.07, 6.45) is 8.79. The summed E-state index contributed by atoms with van der Waals surface area (Å²) in [7, 11) is 0. The Bertz CT molecular complexity index is 318. The van der Waals surface area contributed by atoms with E-state index in [1.54, 1.807) is 0 Å². The molecule has 0 N–H and O–H groups in total. The van der Waals surface area contributed by atoms with Crippen LogP contribution in [0.2, 0.25) is 0 Å². The molecule has 0 atom stereocenters. The standard InChI is InChI=1S/C21H39F5O/c1-2-18-27-19-16-14-12-10-8-6-4-3-5-7-9-11-13-15-17-20(22,23)21(24,25)26/h2-19H2,1H3. The van der Waals surface area contributed by atoms with Crippen molar-refractivity contribution in [1.29, 1.82) is 0 Å². The molecule has 0 aliphatic carbocycles. The predicted molar refractivity (Wildman–Crippen MR) is 101 cm³/mol. The van der Waals surface area contributed by atoms with Crippen LogP contribution in [0, 0.1) is 0 Å². The molecule has 0 radical (unpaired) electrons. The van der Waals surface area contributed by atoms with Gasteiger partial charge in [-0.3, -0.25) is 0 Å². The normalized spacial score (nSPS) is 12.7. The molecule has 0 fully saturated rings. The quantitative estimate of drug-likeness (QED) is 0.155. The van der Waals surface area contributed by atoms with Crippen molar-refractivity contribution in [3.63, 3.8) is 0 Å². The van der Waals surface area contributed by atoms with Gasteiger partial charge in [0, 0.05) is 19.6 Å². The highest BCUT2D eigenvalue weighted by Crippen LogP contribution is 2.39. The second-order valence-corrected chi connectivity index (χ2v) is 7.51. The Kier molecular flexibility index (Phi) is 16.3. The molecule has 0 saturated heterocycles. The van der Waals surface area contributed by atoms with Gasteiger partial charge in [0.05, 0.1) is 0 Å². The van der Waals surface area contributed by atoms with Crippen LogP contribution in [0.1, 0.15) is 110 Å². The molecule has 0 saturated carbocycles. The third kappa shape index (κ3) is 16.3. The van der Waals surface area contributed by atoms with Crippen LogP contribution >= 0.6 is 0 Å². The van der Waals surface area contributed by atoms with Crippen LogP contribution in [0.3, 0.4) is 0 Å². The van der Waals surface area contributed by atoms with Crippen LogP contribution in [0.4, 0.5) is 22.0 Å². The zero-order chi connectivity index (χ0) is 20.4. The maximum atomic E-state index is 12.7. The van der Waals surface area contributed by atoms with Crippen LogP contribution in [0.5, 0.6) is 0 Å². The highest BCUT2D eigenvalue weighted by molar-refractivity contribution is 4.75. The summed E-state index contributed by atoms with van der Waals surface area (Å²) in [5.74, 6) is -4.53. The number of hydrogen-bond acceptors (Lipinski definition) is 1. The first-order valence-electron chi connectivity index (χ1n) is 10.8. The molecule has 164 valence electrons. The highest BCUT2D eigenvalue weighted by atomic mass is 19.4. The van der Waals surface area contributed by atoms with E-state index >= 15 is 0 Å². The van der Waals surface area contributed by atoms with Crippen LogP contribution in [-0.2, 0) is 4.74 Å². The van der Waals surface area contributed by atoms with Crippen molar-refractivity contribution >= 4 is 0 Å². The molecule has 0 aromatic heterocycles. The van der Waals surface area contributed by atoms with Crippen LogP contribution in [0.15, 0.2) is 0 Å². The summed E-state index contributed by atoms with van der Waals surface area (Å²) in [5.41, 5.74) is 0. The van der Waals surface area contributed by atoms with E-state index in [0.29, 0.717) is 6.42 Å². The molecule has 0 aliphatic heterocycles. The van der Waals surface area contributed by atoms with Gasteiger partial charge < -0.3 is 4.74 Å². The second-order valence-electron chi connectivity index (χ2n) is 7.51. The topological polar surface area (TPSA) is 9.23 Å². The van der Waals surface area contributed by atoms with E-state index in [1.165, 1.54) is 44.9 Å². The number of halogens is 5. The smallest absolute Gasteiger partial charge is 0.381 e. The highest BCUT2D eigenvalue weighted by Gasteiger charge is 2.56. The van der Waals surface area contributed by atoms with Gasteiger partial charge in [-0.25, -0.2) is 0 Å². The maximum absolute atomic E-state index is 12.7. The number of alkyl halides is 5. The molecule has 0 bridgehead atoms. The van der Waals surface area contributed by atoms with Crippen LogP contribution in [0.25, 0.3) is 0 Å². The first-order valence-corrected chi connectivity index (χ1v) is 10.8. The lowest BCUT2D eigenvalue weighted by molar-refractivity contribution is -0.284. The fourth-order valence-corrected chi connectivity index (χ4v) is 3.06. The Morgan fingerprint density at radius 2 is 0.889 bits per heavy atom. The largest absolute Gasteiger partial charge is 0.453 e. The minimum atomic E-state index is -5.41. The zero-order valence-electron chi connectivity index (χ0n) is 17.0. The van der Waals surface area contributed by atoms with Gasteiger partial charge in [-0.1, -0.05) is 84.0 Å². The van der Waals surface area contributed by atoms with Gasteiger partial charge in [-0.2, -0.15) is 22.0 Å². The summed E-state index contributed by atoms with van der Waals surface area (Å²) in [6, 6.07) is 0. The summed E-state index contributed by atoms with van der Waals surface area (Å²) in [5, 5.41) is 0. The molecule has 0 aromatic carbocycles. The monoisotopic (exact) mass is 402 g/mol. The molecule has 0 rings (SSSR count). The Hall–Kier alpha value is -0.390. The molecular weight excluding hydrogens is 363 g/mol. The van der Waals surface area contributed by atoms with E-state index in [4.69, 9.17) is 4.74 Å². The van der Waals surface area contributed by atoms with Crippen molar-refractivity contribution < 1.29 is 26.7 Å². The van der Waals surface area contributed by atoms with Crippen LogP contribution < -0.4 is 0 Å². The van der Waals surface area contributed by atoms with E-state index in [-0.39, 0.29) is 6.42 Å². The molecule has 1 nitrogen and oxygen atoms in total. The maximum Gasteiger partial charge on any atom is 0.453 e. The Balaban J connectivity index is 3.19. The summed E-state index contributed by atoms with van der Waals surface area (Å²) in [4.78, 5) is 0. The molecule has 6 heteroatoms. The van der Waals surface area contributed by atoms with Gasteiger partial charge in [0.2, 0.25) is 0 Å². The molecule has 27 heavy (non-hydrogen) atoms. The summed E-state index contributed by atoms with van der Waals surface area (Å²) < 4.78 is 66.9. The van der Waals surface area contributed by atoms with Gasteiger partial charge in [0.25, 0.3) is 0 Å². The molecule has 0 aromatic rings. The third-order valence-corrected chi connectivity index (χ3v) is 4.79. The lowest BCUT2D eigenvalue weighted by Crippen LogP contribution is -2.36. The van der Waals surface area contributed by atoms with Crippen molar-refractivity contribution in [2.75, 3.05) is 13.2 Å². The summed E-state index contributed by atoms with van der Waals surface area (Å²) >= 11 is 0. The van der Waals surface area contributed by atoms with Gasteiger partial charge in [0.15, 0.2) is 0 Å². The van der Waals surface area contributed by atoms with Gasteiger partial charge >= 0.3 is 12.1 Å². The zero-order valence-corrected chi connectivity index (χ0v) is 17.0. The number of rotatable bonds is 19. The first kappa shape index (κ1) is 26.6. The van der Waals surface area contributed by atoms with E-state index in [2.05, 4.69) is 6.92 Å². The van der Waals surface area contributed by atoms with E-state index in [0.717, 1.165) is 51.7 Å². The van der Waals surface area contributed by atoms with Gasteiger partial charge in [-0.05, 0) is 19.3 Å². The molecule has 0 amide bonds. The van der Waals surface area contributed by atoms with E-state index < -0.39 is 18.5 Å². The van der Waals surface area contributed by atoms with Crippen molar-refractivity contribution in [2.24, 2.45) is 0 Å². The molecule has 0 heterocycles. The molecule has 0 aliphatic rings. The van der Waals surface area contributed by atoms with E-state index in [1.807, 2.05) is 0 Å². The SMILES string of the molecule is CCCOCCCCCCCCCCCCCCCCC(F)(F)C(F)(F)F. The fourth-order valence-electron chi connectivity index (χ4n) is 3.06. The minimum absolute atomic E-state index is 0.0583. The predicted octanol–water partition coefficient (Wildman–Crippen LogP) is 8.46. The van der Waals surface area contributed by atoms with Crippen molar-refractivity contribution in [2.45, 2.75) is 122 Å². The molecular formula is C21H39F5O. The van der Waals surface area contributed by atoms with Gasteiger partial charge in [-0.15, -0.1) is 0 Å². The van der Waals surface area contributed by atoms with Crippen LogP contribution in [-0.4, -0.2) is 25.3 Å². The minimum Gasteiger partial charge on any atom is -0.381 e. The number of ether oxygens (including phenoxy) is 1. The molecule has 0 unspecified atom stereocenters. The Morgan fingerprint density at radius 3 is 1.26 bits per heavy atom. The third-order valence-electron chi connectivity index (χ3n) is 4.79. The average molecular weight is 403 g/mol. The van der Waals surface area contributed by atoms with Crippen molar-refractivity contribution in [3.05, 3.63) is 0 Å². The Labute approximate surface area is 162 Å². The first-order chi connectivity index (χ1) is 12.8.